The van der Waals surface area contributed by atoms with Gasteiger partial charge in [0.25, 0.3) is 0 Å². The van der Waals surface area contributed by atoms with Crippen LogP contribution in [-0.4, -0.2) is 79.6 Å². The Kier molecular flexibility index (Phi) is 6.24. The van der Waals surface area contributed by atoms with Crippen molar-refractivity contribution in [2.24, 2.45) is 0 Å². The summed E-state index contributed by atoms with van der Waals surface area (Å²) in [6.45, 7) is 3.67. The molecule has 1 N–H and O–H groups in total. The smallest absolute Gasteiger partial charge is 0.354 e. The van der Waals surface area contributed by atoms with Gasteiger partial charge in [0.2, 0.25) is 5.95 Å². The SMILES string of the molecule is COCCN(C)c1cc(C(=O)O)nc2c(-c3ccccc3)nc(N3CCOCC3)nc12. The molecule has 0 bridgehead atoms. The van der Waals surface area contributed by atoms with Crippen LogP contribution in [0.4, 0.5) is 11.6 Å². The second kappa shape index (κ2) is 9.23. The molecule has 0 radical (unpaired) electrons. The number of carboxylic acids is 1. The zero-order chi connectivity index (χ0) is 21.8. The van der Waals surface area contributed by atoms with Crippen LogP contribution < -0.4 is 9.80 Å². The van der Waals surface area contributed by atoms with Crippen LogP contribution in [0.5, 0.6) is 0 Å². The third-order valence-corrected chi connectivity index (χ3v) is 5.22. The molecular weight excluding hydrogens is 398 g/mol. The number of aromatic carboxylic acids is 1. The number of ether oxygens (including phenoxy) is 2. The number of rotatable bonds is 7. The molecule has 0 unspecified atom stereocenters. The highest BCUT2D eigenvalue weighted by Crippen LogP contribution is 2.33. The van der Waals surface area contributed by atoms with Gasteiger partial charge in [-0.3, -0.25) is 0 Å². The first-order valence-corrected chi connectivity index (χ1v) is 10.1. The fourth-order valence-electron chi connectivity index (χ4n) is 3.53. The number of carboxylic acid groups (broad SMARTS) is 1. The largest absolute Gasteiger partial charge is 0.477 e. The van der Waals surface area contributed by atoms with E-state index >= 15 is 0 Å². The van der Waals surface area contributed by atoms with Crippen LogP contribution in [0.15, 0.2) is 36.4 Å². The molecule has 1 aromatic carbocycles. The molecule has 0 saturated carbocycles. The van der Waals surface area contributed by atoms with Gasteiger partial charge in [0.1, 0.15) is 16.7 Å². The average Bonchev–Trinajstić information content (AvgIpc) is 2.82. The molecule has 9 heteroatoms. The molecule has 1 fully saturated rings. The fraction of sp³-hybridized carbons (Fsp3) is 0.364. The van der Waals surface area contributed by atoms with E-state index < -0.39 is 5.97 Å². The van der Waals surface area contributed by atoms with E-state index in [9.17, 15) is 9.90 Å². The Morgan fingerprint density at radius 3 is 2.58 bits per heavy atom. The normalized spacial score (nSPS) is 14.1. The van der Waals surface area contributed by atoms with Crippen LogP contribution in [0.3, 0.4) is 0 Å². The number of methoxy groups -OCH3 is 1. The molecule has 0 atom stereocenters. The van der Waals surface area contributed by atoms with Crippen molar-refractivity contribution in [2.45, 2.75) is 0 Å². The number of hydrogen-bond donors (Lipinski definition) is 1. The van der Waals surface area contributed by atoms with E-state index in [0.29, 0.717) is 67.8 Å². The second-order valence-electron chi connectivity index (χ2n) is 7.28. The topological polar surface area (TPSA) is 101 Å². The summed E-state index contributed by atoms with van der Waals surface area (Å²) in [5.41, 5.74) is 3.16. The first-order valence-electron chi connectivity index (χ1n) is 10.1. The number of morpholine rings is 1. The number of aromatic nitrogens is 3. The van der Waals surface area contributed by atoms with Crippen LogP contribution >= 0.6 is 0 Å². The Balaban J connectivity index is 1.98. The van der Waals surface area contributed by atoms with Gasteiger partial charge < -0.3 is 24.4 Å². The Hall–Kier alpha value is -3.30. The lowest BCUT2D eigenvalue weighted by atomic mass is 10.1. The average molecular weight is 423 g/mol. The number of anilines is 2. The first kappa shape index (κ1) is 21.0. The van der Waals surface area contributed by atoms with Crippen molar-refractivity contribution in [1.29, 1.82) is 0 Å². The number of hydrogen-bond acceptors (Lipinski definition) is 8. The molecule has 2 aromatic heterocycles. The lowest BCUT2D eigenvalue weighted by Crippen LogP contribution is -2.37. The Morgan fingerprint density at radius 1 is 1.16 bits per heavy atom. The zero-order valence-corrected chi connectivity index (χ0v) is 17.6. The number of benzene rings is 1. The minimum absolute atomic E-state index is 0.0494. The summed E-state index contributed by atoms with van der Waals surface area (Å²) >= 11 is 0. The van der Waals surface area contributed by atoms with Crippen molar-refractivity contribution in [3.63, 3.8) is 0 Å². The van der Waals surface area contributed by atoms with E-state index in [2.05, 4.69) is 9.88 Å². The molecule has 1 saturated heterocycles. The third-order valence-electron chi connectivity index (χ3n) is 5.22. The van der Waals surface area contributed by atoms with E-state index in [0.717, 1.165) is 5.56 Å². The Morgan fingerprint density at radius 2 is 1.90 bits per heavy atom. The number of carbonyl (C=O) groups is 1. The molecule has 1 aliphatic rings. The highest BCUT2D eigenvalue weighted by Gasteiger charge is 2.23. The summed E-state index contributed by atoms with van der Waals surface area (Å²) < 4.78 is 10.7. The fourth-order valence-corrected chi connectivity index (χ4v) is 3.53. The summed E-state index contributed by atoms with van der Waals surface area (Å²) in [6, 6.07) is 11.2. The van der Waals surface area contributed by atoms with Crippen LogP contribution in [0.1, 0.15) is 10.5 Å². The monoisotopic (exact) mass is 423 g/mol. The van der Waals surface area contributed by atoms with Crippen molar-refractivity contribution in [3.05, 3.63) is 42.1 Å². The van der Waals surface area contributed by atoms with E-state index in [1.807, 2.05) is 42.3 Å². The molecule has 3 heterocycles. The molecule has 4 rings (SSSR count). The number of nitrogens with zero attached hydrogens (tertiary/aromatic N) is 5. The molecule has 0 spiro atoms. The van der Waals surface area contributed by atoms with Crippen molar-refractivity contribution in [1.82, 2.24) is 15.0 Å². The van der Waals surface area contributed by atoms with Crippen LogP contribution in [0.2, 0.25) is 0 Å². The minimum atomic E-state index is -1.10. The van der Waals surface area contributed by atoms with E-state index in [4.69, 9.17) is 19.4 Å². The van der Waals surface area contributed by atoms with E-state index in [-0.39, 0.29) is 5.69 Å². The molecule has 9 nitrogen and oxygen atoms in total. The Bertz CT molecular complexity index is 1070. The van der Waals surface area contributed by atoms with E-state index in [1.165, 1.54) is 0 Å². The zero-order valence-electron chi connectivity index (χ0n) is 17.6. The predicted octanol–water partition coefficient (Wildman–Crippen LogP) is 2.31. The van der Waals surface area contributed by atoms with Crippen LogP contribution in [0, 0.1) is 0 Å². The first-order chi connectivity index (χ1) is 15.1. The molecule has 0 amide bonds. The maximum Gasteiger partial charge on any atom is 0.354 e. The summed E-state index contributed by atoms with van der Waals surface area (Å²) in [4.78, 5) is 29.9. The number of fused-ring (bicyclic) bond motifs is 1. The maximum atomic E-state index is 11.8. The van der Waals surface area contributed by atoms with Gasteiger partial charge >= 0.3 is 5.97 Å². The van der Waals surface area contributed by atoms with Gasteiger partial charge in [-0.25, -0.2) is 19.7 Å². The van der Waals surface area contributed by atoms with Gasteiger partial charge in [-0.1, -0.05) is 30.3 Å². The summed E-state index contributed by atoms with van der Waals surface area (Å²) in [5, 5.41) is 9.68. The van der Waals surface area contributed by atoms with Gasteiger partial charge in [-0.15, -0.1) is 0 Å². The standard InChI is InChI=1S/C22H25N5O4/c1-26(8-11-30-2)17-14-16(21(28)29)23-20-18(15-6-4-3-5-7-15)24-22(25-19(17)20)27-9-12-31-13-10-27/h3-7,14H,8-13H2,1-2H3,(H,28,29). The molecule has 162 valence electrons. The highest BCUT2D eigenvalue weighted by atomic mass is 16.5. The van der Waals surface area contributed by atoms with Crippen LogP contribution in [0.25, 0.3) is 22.3 Å². The summed E-state index contributed by atoms with van der Waals surface area (Å²) in [6.07, 6.45) is 0. The van der Waals surface area contributed by atoms with Gasteiger partial charge in [-0.05, 0) is 6.07 Å². The van der Waals surface area contributed by atoms with Gasteiger partial charge in [0.05, 0.1) is 25.5 Å². The van der Waals surface area contributed by atoms with Gasteiger partial charge in [0, 0.05) is 39.4 Å². The predicted molar refractivity (Wildman–Crippen MR) is 118 cm³/mol. The number of pyridine rings is 1. The highest BCUT2D eigenvalue weighted by molar-refractivity contribution is 6.01. The molecule has 0 aliphatic carbocycles. The van der Waals surface area contributed by atoms with Gasteiger partial charge in [-0.2, -0.15) is 0 Å². The maximum absolute atomic E-state index is 11.8. The molecule has 1 aliphatic heterocycles. The van der Waals surface area contributed by atoms with Crippen molar-refractivity contribution in [3.8, 4) is 11.3 Å². The summed E-state index contributed by atoms with van der Waals surface area (Å²) in [5.74, 6) is -0.513. The molecule has 31 heavy (non-hydrogen) atoms. The van der Waals surface area contributed by atoms with Crippen LogP contribution in [-0.2, 0) is 9.47 Å². The molecule has 3 aromatic rings. The van der Waals surface area contributed by atoms with Crippen molar-refractivity contribution in [2.75, 3.05) is 63.4 Å². The van der Waals surface area contributed by atoms with E-state index in [1.54, 1.807) is 13.2 Å². The summed E-state index contributed by atoms with van der Waals surface area (Å²) in [7, 11) is 3.52. The van der Waals surface area contributed by atoms with Crippen molar-refractivity contribution >= 4 is 28.6 Å². The van der Waals surface area contributed by atoms with Gasteiger partial charge in [0.15, 0.2) is 5.69 Å². The minimum Gasteiger partial charge on any atom is -0.477 e. The lowest BCUT2D eigenvalue weighted by molar-refractivity contribution is 0.0691. The second-order valence-corrected chi connectivity index (χ2v) is 7.28. The quantitative estimate of drug-likeness (QED) is 0.613. The Labute approximate surface area is 180 Å². The third kappa shape index (κ3) is 4.42. The van der Waals surface area contributed by atoms with Crippen molar-refractivity contribution < 1.29 is 19.4 Å². The lowest BCUT2D eigenvalue weighted by Gasteiger charge is -2.28. The number of likely N-dealkylation sites (N-methyl/N-ethyl adjacent to an activating group) is 1. The molecular formula is C22H25N5O4.